The molecule has 2 aromatic carbocycles. The molecule has 0 radical (unpaired) electrons. The van der Waals surface area contributed by atoms with E-state index in [9.17, 15) is 0 Å². The fourth-order valence-electron chi connectivity index (χ4n) is 3.85. The number of nitrogens with one attached hydrogen (secondary N) is 1. The molecule has 140 valence electrons. The van der Waals surface area contributed by atoms with Crippen molar-refractivity contribution >= 4 is 34.4 Å². The minimum atomic E-state index is -0.365. The summed E-state index contributed by atoms with van der Waals surface area (Å²) in [5, 5.41) is 2.39. The molecule has 5 heteroatoms. The first-order chi connectivity index (χ1) is 13.4. The molecule has 2 aromatic heterocycles. The first-order valence-corrected chi connectivity index (χ1v) is 9.66. The van der Waals surface area contributed by atoms with E-state index in [1.807, 2.05) is 12.4 Å². The van der Waals surface area contributed by atoms with Gasteiger partial charge in [0, 0.05) is 22.5 Å². The standard InChI is InChI=1S/C23H23BN2O2/c1-22(2)23(3,4)28-24(27-22)16-8-5-7-15(13-16)17-9-6-10-19-18-11-12-25-14-20(18)26-21(17)19/h5-14,26H,1-4H3. The molecule has 1 aliphatic rings. The van der Waals surface area contributed by atoms with Crippen LogP contribution in [0.2, 0.25) is 0 Å². The van der Waals surface area contributed by atoms with Crippen LogP contribution in [0.3, 0.4) is 0 Å². The summed E-state index contributed by atoms with van der Waals surface area (Å²) in [5.74, 6) is 0. The van der Waals surface area contributed by atoms with Crippen molar-refractivity contribution in [1.82, 2.24) is 9.97 Å². The van der Waals surface area contributed by atoms with Gasteiger partial charge < -0.3 is 14.3 Å². The summed E-state index contributed by atoms with van der Waals surface area (Å²) in [6.07, 6.45) is 3.71. The molecule has 0 atom stereocenters. The van der Waals surface area contributed by atoms with E-state index in [1.54, 1.807) is 0 Å². The number of aromatic amines is 1. The molecule has 1 N–H and O–H groups in total. The Morgan fingerprint density at radius 1 is 0.893 bits per heavy atom. The van der Waals surface area contributed by atoms with Crippen molar-refractivity contribution in [3.8, 4) is 11.1 Å². The number of aromatic nitrogens is 2. The second-order valence-electron chi connectivity index (χ2n) is 8.49. The zero-order valence-electron chi connectivity index (χ0n) is 16.6. The number of fused-ring (bicyclic) bond motifs is 3. The Morgan fingerprint density at radius 2 is 1.64 bits per heavy atom. The van der Waals surface area contributed by atoms with Crippen LogP contribution in [0.5, 0.6) is 0 Å². The van der Waals surface area contributed by atoms with E-state index in [0.29, 0.717) is 0 Å². The Kier molecular flexibility index (Phi) is 3.70. The largest absolute Gasteiger partial charge is 0.494 e. The number of pyridine rings is 1. The lowest BCUT2D eigenvalue weighted by molar-refractivity contribution is 0.00578. The summed E-state index contributed by atoms with van der Waals surface area (Å²) >= 11 is 0. The van der Waals surface area contributed by atoms with Crippen LogP contribution in [0.15, 0.2) is 60.9 Å². The van der Waals surface area contributed by atoms with Gasteiger partial charge in [0.15, 0.2) is 0 Å². The van der Waals surface area contributed by atoms with Crippen molar-refractivity contribution in [1.29, 1.82) is 0 Å². The second kappa shape index (κ2) is 5.93. The van der Waals surface area contributed by atoms with Gasteiger partial charge in [0.05, 0.1) is 28.4 Å². The van der Waals surface area contributed by atoms with Crippen molar-refractivity contribution in [2.75, 3.05) is 0 Å². The number of hydrogen-bond donors (Lipinski definition) is 1. The molecule has 0 amide bonds. The summed E-state index contributed by atoms with van der Waals surface area (Å²) in [4.78, 5) is 7.78. The molecular weight excluding hydrogens is 347 g/mol. The predicted octanol–water partition coefficient (Wildman–Crippen LogP) is 4.68. The molecule has 0 saturated carbocycles. The summed E-state index contributed by atoms with van der Waals surface area (Å²) in [6, 6.07) is 16.9. The minimum absolute atomic E-state index is 0.349. The lowest BCUT2D eigenvalue weighted by Crippen LogP contribution is -2.41. The molecule has 28 heavy (non-hydrogen) atoms. The first kappa shape index (κ1) is 17.5. The summed E-state index contributed by atoms with van der Waals surface area (Å²) in [5.41, 5.74) is 4.80. The van der Waals surface area contributed by atoms with Crippen molar-refractivity contribution in [2.24, 2.45) is 0 Å². The average molecular weight is 370 g/mol. The quantitative estimate of drug-likeness (QED) is 0.521. The Balaban J connectivity index is 1.61. The van der Waals surface area contributed by atoms with Crippen LogP contribution < -0.4 is 5.46 Å². The van der Waals surface area contributed by atoms with E-state index >= 15 is 0 Å². The van der Waals surface area contributed by atoms with E-state index in [0.717, 1.165) is 27.6 Å². The van der Waals surface area contributed by atoms with E-state index < -0.39 is 0 Å². The van der Waals surface area contributed by atoms with E-state index in [4.69, 9.17) is 9.31 Å². The minimum Gasteiger partial charge on any atom is -0.399 e. The van der Waals surface area contributed by atoms with Crippen molar-refractivity contribution in [3.05, 3.63) is 60.9 Å². The molecular formula is C23H23BN2O2. The Labute approximate surface area is 165 Å². The number of H-pyrrole nitrogens is 1. The van der Waals surface area contributed by atoms with E-state index in [2.05, 4.69) is 86.2 Å². The van der Waals surface area contributed by atoms with Gasteiger partial charge in [0.25, 0.3) is 0 Å². The Bertz CT molecular complexity index is 1180. The smallest absolute Gasteiger partial charge is 0.399 e. The third kappa shape index (κ3) is 2.58. The maximum absolute atomic E-state index is 6.24. The predicted molar refractivity (Wildman–Crippen MR) is 115 cm³/mol. The van der Waals surface area contributed by atoms with Gasteiger partial charge in [-0.2, -0.15) is 0 Å². The topological polar surface area (TPSA) is 47.1 Å². The Morgan fingerprint density at radius 3 is 2.43 bits per heavy atom. The fraction of sp³-hybridized carbons (Fsp3) is 0.261. The van der Waals surface area contributed by atoms with Gasteiger partial charge >= 0.3 is 7.12 Å². The highest BCUT2D eigenvalue weighted by molar-refractivity contribution is 6.62. The van der Waals surface area contributed by atoms with Gasteiger partial charge in [0.2, 0.25) is 0 Å². The lowest BCUT2D eigenvalue weighted by atomic mass is 9.78. The molecule has 1 fully saturated rings. The molecule has 1 saturated heterocycles. The van der Waals surface area contributed by atoms with Crippen LogP contribution in [0, 0.1) is 0 Å². The van der Waals surface area contributed by atoms with Gasteiger partial charge in [-0.25, -0.2) is 0 Å². The SMILES string of the molecule is CC1(C)OB(c2cccc(-c3cccc4c3[nH]c3cnccc34)c2)OC1(C)C. The molecule has 4 aromatic rings. The highest BCUT2D eigenvalue weighted by Gasteiger charge is 2.51. The van der Waals surface area contributed by atoms with Gasteiger partial charge in [-0.1, -0.05) is 42.5 Å². The number of para-hydroxylation sites is 1. The van der Waals surface area contributed by atoms with Crippen LogP contribution >= 0.6 is 0 Å². The average Bonchev–Trinajstić information content (AvgIpc) is 3.15. The summed E-state index contributed by atoms with van der Waals surface area (Å²) < 4.78 is 12.5. The second-order valence-corrected chi connectivity index (χ2v) is 8.49. The van der Waals surface area contributed by atoms with Crippen LogP contribution in [-0.4, -0.2) is 28.3 Å². The number of hydrogen-bond acceptors (Lipinski definition) is 3. The van der Waals surface area contributed by atoms with E-state index in [-0.39, 0.29) is 18.3 Å². The summed E-state index contributed by atoms with van der Waals surface area (Å²) in [7, 11) is -0.365. The third-order valence-corrected chi connectivity index (χ3v) is 6.16. The highest BCUT2D eigenvalue weighted by Crippen LogP contribution is 2.37. The van der Waals surface area contributed by atoms with Gasteiger partial charge in [0.1, 0.15) is 0 Å². The molecule has 0 spiro atoms. The van der Waals surface area contributed by atoms with Crippen LogP contribution in [-0.2, 0) is 9.31 Å². The maximum Gasteiger partial charge on any atom is 0.494 e. The normalized spacial score (nSPS) is 18.2. The van der Waals surface area contributed by atoms with Crippen molar-refractivity contribution < 1.29 is 9.31 Å². The van der Waals surface area contributed by atoms with Gasteiger partial charge in [-0.15, -0.1) is 0 Å². The zero-order chi connectivity index (χ0) is 19.5. The fourth-order valence-corrected chi connectivity index (χ4v) is 3.85. The molecule has 1 aliphatic heterocycles. The zero-order valence-corrected chi connectivity index (χ0v) is 16.6. The van der Waals surface area contributed by atoms with E-state index in [1.165, 1.54) is 10.8 Å². The van der Waals surface area contributed by atoms with Crippen LogP contribution in [0.1, 0.15) is 27.7 Å². The highest BCUT2D eigenvalue weighted by atomic mass is 16.7. The molecule has 3 heterocycles. The monoisotopic (exact) mass is 370 g/mol. The summed E-state index contributed by atoms with van der Waals surface area (Å²) in [6.45, 7) is 8.32. The molecule has 4 nitrogen and oxygen atoms in total. The number of nitrogens with zero attached hydrogens (tertiary/aromatic N) is 1. The van der Waals surface area contributed by atoms with Gasteiger partial charge in [-0.3, -0.25) is 4.98 Å². The lowest BCUT2D eigenvalue weighted by Gasteiger charge is -2.32. The van der Waals surface area contributed by atoms with Gasteiger partial charge in [-0.05, 0) is 44.8 Å². The molecule has 0 unspecified atom stereocenters. The third-order valence-electron chi connectivity index (χ3n) is 6.16. The van der Waals surface area contributed by atoms with Crippen molar-refractivity contribution in [2.45, 2.75) is 38.9 Å². The van der Waals surface area contributed by atoms with Crippen LogP contribution in [0.25, 0.3) is 32.9 Å². The van der Waals surface area contributed by atoms with Crippen molar-refractivity contribution in [3.63, 3.8) is 0 Å². The molecule has 0 aliphatic carbocycles. The van der Waals surface area contributed by atoms with Crippen LogP contribution in [0.4, 0.5) is 0 Å². The first-order valence-electron chi connectivity index (χ1n) is 9.66. The Hall–Kier alpha value is -2.63. The number of rotatable bonds is 2. The molecule has 5 rings (SSSR count). The number of benzene rings is 2. The molecule has 0 bridgehead atoms. The maximum atomic E-state index is 6.24.